The average Bonchev–Trinajstić information content (AvgIpc) is 2.68. The van der Waals surface area contributed by atoms with Gasteiger partial charge in [-0.2, -0.15) is 0 Å². The lowest BCUT2D eigenvalue weighted by Gasteiger charge is -2.44. The number of carbonyl (C=O) groups is 1. The van der Waals surface area contributed by atoms with Gasteiger partial charge in [-0.15, -0.1) is 0 Å². The molecule has 0 radical (unpaired) electrons. The van der Waals surface area contributed by atoms with Crippen LogP contribution in [-0.2, 0) is 10.2 Å². The molecule has 0 bridgehead atoms. The molecule has 0 unspecified atom stereocenters. The summed E-state index contributed by atoms with van der Waals surface area (Å²) in [6.07, 6.45) is 3.53. The lowest BCUT2D eigenvalue weighted by Crippen LogP contribution is -2.52. The maximum absolute atomic E-state index is 14.1. The molecule has 4 heteroatoms. The SMILES string of the molecule is O=C(N1CCCNCC1)C1(c2ccccc2F)CCC1. The molecule has 1 aromatic rings. The van der Waals surface area contributed by atoms with Crippen LogP contribution in [0.25, 0.3) is 0 Å². The van der Waals surface area contributed by atoms with Crippen molar-refractivity contribution in [3.8, 4) is 0 Å². The molecule has 2 aliphatic rings. The molecular formula is C16H21FN2O. The fourth-order valence-corrected chi connectivity index (χ4v) is 3.33. The second-order valence-corrected chi connectivity index (χ2v) is 5.81. The highest BCUT2D eigenvalue weighted by molar-refractivity contribution is 5.89. The summed E-state index contributed by atoms with van der Waals surface area (Å²) in [7, 11) is 0. The van der Waals surface area contributed by atoms with E-state index in [0.29, 0.717) is 5.56 Å². The number of hydrogen-bond donors (Lipinski definition) is 1. The van der Waals surface area contributed by atoms with Crippen LogP contribution in [0.1, 0.15) is 31.2 Å². The van der Waals surface area contributed by atoms with Crippen molar-refractivity contribution in [1.29, 1.82) is 0 Å². The van der Waals surface area contributed by atoms with Crippen molar-refractivity contribution in [2.24, 2.45) is 0 Å². The van der Waals surface area contributed by atoms with Gasteiger partial charge in [-0.3, -0.25) is 4.79 Å². The van der Waals surface area contributed by atoms with Crippen molar-refractivity contribution >= 4 is 5.91 Å². The van der Waals surface area contributed by atoms with Crippen molar-refractivity contribution in [2.45, 2.75) is 31.1 Å². The third kappa shape index (κ3) is 2.22. The number of halogens is 1. The second-order valence-electron chi connectivity index (χ2n) is 5.81. The van der Waals surface area contributed by atoms with Crippen molar-refractivity contribution in [3.05, 3.63) is 35.6 Å². The van der Waals surface area contributed by atoms with Crippen molar-refractivity contribution in [2.75, 3.05) is 26.2 Å². The zero-order valence-electron chi connectivity index (χ0n) is 11.7. The lowest BCUT2D eigenvalue weighted by molar-refractivity contribution is -0.140. The van der Waals surface area contributed by atoms with E-state index in [4.69, 9.17) is 0 Å². The van der Waals surface area contributed by atoms with Crippen LogP contribution in [0, 0.1) is 5.82 Å². The van der Waals surface area contributed by atoms with Gasteiger partial charge in [0, 0.05) is 25.2 Å². The molecule has 1 N–H and O–H groups in total. The molecule has 1 saturated carbocycles. The van der Waals surface area contributed by atoms with E-state index in [1.807, 2.05) is 11.0 Å². The molecule has 0 spiro atoms. The summed E-state index contributed by atoms with van der Waals surface area (Å²) < 4.78 is 14.1. The molecule has 1 saturated heterocycles. The van der Waals surface area contributed by atoms with Gasteiger partial charge in [0.2, 0.25) is 5.91 Å². The molecule has 3 nitrogen and oxygen atoms in total. The van der Waals surface area contributed by atoms with E-state index in [-0.39, 0.29) is 11.7 Å². The Kier molecular flexibility index (Phi) is 3.74. The maximum atomic E-state index is 14.1. The monoisotopic (exact) mass is 276 g/mol. The highest BCUT2D eigenvalue weighted by Crippen LogP contribution is 2.46. The topological polar surface area (TPSA) is 32.3 Å². The lowest BCUT2D eigenvalue weighted by atomic mass is 9.63. The predicted octanol–water partition coefficient (Wildman–Crippen LogP) is 2.07. The van der Waals surface area contributed by atoms with Gasteiger partial charge in [-0.1, -0.05) is 24.6 Å². The van der Waals surface area contributed by atoms with Crippen LogP contribution in [0.4, 0.5) is 4.39 Å². The molecule has 2 fully saturated rings. The van der Waals surface area contributed by atoms with Crippen LogP contribution in [0.15, 0.2) is 24.3 Å². The molecule has 1 heterocycles. The van der Waals surface area contributed by atoms with Gasteiger partial charge in [-0.05, 0) is 31.9 Å². The number of benzene rings is 1. The molecule has 108 valence electrons. The molecule has 3 rings (SSSR count). The summed E-state index contributed by atoms with van der Waals surface area (Å²) in [5.41, 5.74) is -0.0103. The van der Waals surface area contributed by atoms with Gasteiger partial charge in [-0.25, -0.2) is 4.39 Å². The molecule has 20 heavy (non-hydrogen) atoms. The van der Waals surface area contributed by atoms with E-state index in [1.54, 1.807) is 12.1 Å². The molecule has 1 aliphatic heterocycles. The highest BCUT2D eigenvalue weighted by Gasteiger charge is 2.48. The predicted molar refractivity (Wildman–Crippen MR) is 76.0 cm³/mol. The van der Waals surface area contributed by atoms with E-state index in [2.05, 4.69) is 5.32 Å². The molecule has 1 aromatic carbocycles. The van der Waals surface area contributed by atoms with Crippen LogP contribution in [0.2, 0.25) is 0 Å². The summed E-state index contributed by atoms with van der Waals surface area (Å²) in [6.45, 7) is 3.30. The number of nitrogens with zero attached hydrogens (tertiary/aromatic N) is 1. The number of rotatable bonds is 2. The fourth-order valence-electron chi connectivity index (χ4n) is 3.33. The molecule has 1 amide bonds. The van der Waals surface area contributed by atoms with E-state index in [9.17, 15) is 9.18 Å². The summed E-state index contributed by atoms with van der Waals surface area (Å²) in [4.78, 5) is 14.9. The van der Waals surface area contributed by atoms with Crippen LogP contribution < -0.4 is 5.32 Å². The average molecular weight is 276 g/mol. The minimum Gasteiger partial charge on any atom is -0.341 e. The normalized spacial score (nSPS) is 21.9. The van der Waals surface area contributed by atoms with Gasteiger partial charge >= 0.3 is 0 Å². The van der Waals surface area contributed by atoms with E-state index >= 15 is 0 Å². The van der Waals surface area contributed by atoms with E-state index in [1.165, 1.54) is 6.07 Å². The number of amides is 1. The Bertz CT molecular complexity index is 491. The standard InChI is InChI=1S/C16H21FN2O/c17-14-6-2-1-5-13(14)16(7-3-8-16)15(20)19-11-4-9-18-10-12-19/h1-2,5-6,18H,3-4,7-12H2. The van der Waals surface area contributed by atoms with Gasteiger partial charge in [0.05, 0.1) is 5.41 Å². The number of hydrogen-bond acceptors (Lipinski definition) is 2. The first-order valence-electron chi connectivity index (χ1n) is 7.49. The minimum absolute atomic E-state index is 0.123. The minimum atomic E-state index is -0.602. The van der Waals surface area contributed by atoms with Crippen molar-refractivity contribution in [1.82, 2.24) is 10.2 Å². The fraction of sp³-hybridized carbons (Fsp3) is 0.562. The first kappa shape index (κ1) is 13.6. The van der Waals surface area contributed by atoms with Gasteiger partial charge in [0.25, 0.3) is 0 Å². The van der Waals surface area contributed by atoms with Crippen LogP contribution >= 0.6 is 0 Å². The Labute approximate surface area is 119 Å². The van der Waals surface area contributed by atoms with Crippen molar-refractivity contribution < 1.29 is 9.18 Å². The smallest absolute Gasteiger partial charge is 0.233 e. The van der Waals surface area contributed by atoms with E-state index in [0.717, 1.165) is 51.9 Å². The van der Waals surface area contributed by atoms with Crippen LogP contribution in [-0.4, -0.2) is 37.0 Å². The molecule has 0 atom stereocenters. The first-order chi connectivity index (χ1) is 9.74. The molecular weight excluding hydrogens is 255 g/mol. The summed E-state index contributed by atoms with van der Waals surface area (Å²) in [5, 5.41) is 3.30. The Morgan fingerprint density at radius 2 is 1.95 bits per heavy atom. The Hall–Kier alpha value is -1.42. The van der Waals surface area contributed by atoms with Gasteiger partial charge < -0.3 is 10.2 Å². The Morgan fingerprint density at radius 3 is 2.65 bits per heavy atom. The second kappa shape index (κ2) is 5.52. The summed E-state index contributed by atoms with van der Waals surface area (Å²) >= 11 is 0. The third-order valence-corrected chi connectivity index (χ3v) is 4.63. The van der Waals surface area contributed by atoms with Crippen LogP contribution in [0.3, 0.4) is 0 Å². The number of nitrogens with one attached hydrogen (secondary N) is 1. The Morgan fingerprint density at radius 1 is 1.15 bits per heavy atom. The summed E-state index contributed by atoms with van der Waals surface area (Å²) in [5.74, 6) is -0.119. The highest BCUT2D eigenvalue weighted by atomic mass is 19.1. The van der Waals surface area contributed by atoms with E-state index < -0.39 is 5.41 Å². The quantitative estimate of drug-likeness (QED) is 0.897. The largest absolute Gasteiger partial charge is 0.341 e. The first-order valence-corrected chi connectivity index (χ1v) is 7.49. The molecule has 1 aliphatic carbocycles. The summed E-state index contributed by atoms with van der Waals surface area (Å²) in [6, 6.07) is 6.76. The van der Waals surface area contributed by atoms with Gasteiger partial charge in [0.15, 0.2) is 0 Å². The maximum Gasteiger partial charge on any atom is 0.233 e. The number of carbonyl (C=O) groups excluding carboxylic acids is 1. The van der Waals surface area contributed by atoms with Crippen LogP contribution in [0.5, 0.6) is 0 Å². The zero-order chi connectivity index (χ0) is 14.0. The molecule has 0 aromatic heterocycles. The van der Waals surface area contributed by atoms with Crippen molar-refractivity contribution in [3.63, 3.8) is 0 Å². The Balaban J connectivity index is 1.88. The zero-order valence-corrected chi connectivity index (χ0v) is 11.7. The third-order valence-electron chi connectivity index (χ3n) is 4.63. The van der Waals surface area contributed by atoms with Gasteiger partial charge in [0.1, 0.15) is 5.82 Å².